The topological polar surface area (TPSA) is 52.3 Å². The highest BCUT2D eigenvalue weighted by molar-refractivity contribution is 6.33. The highest BCUT2D eigenvalue weighted by Gasteiger charge is 2.12. The van der Waals surface area contributed by atoms with Crippen molar-refractivity contribution in [3.8, 4) is 5.75 Å². The zero-order valence-electron chi connectivity index (χ0n) is 8.89. The molecule has 0 spiro atoms. The Bertz CT molecular complexity index is 540. The van der Waals surface area contributed by atoms with Crippen LogP contribution in [0, 0.1) is 0 Å². The van der Waals surface area contributed by atoms with Crippen LogP contribution in [-0.4, -0.2) is 5.97 Å². The number of ether oxygens (including phenoxy) is 1. The van der Waals surface area contributed by atoms with Gasteiger partial charge < -0.3 is 10.5 Å². The molecule has 0 bridgehead atoms. The first-order valence-corrected chi connectivity index (χ1v) is 5.37. The number of nitrogen functional groups attached to an aromatic ring is 1. The Labute approximate surface area is 104 Å². The van der Waals surface area contributed by atoms with E-state index in [1.807, 2.05) is 6.07 Å². The fourth-order valence-electron chi connectivity index (χ4n) is 1.35. The highest BCUT2D eigenvalue weighted by Crippen LogP contribution is 2.21. The number of esters is 1. The van der Waals surface area contributed by atoms with Crippen molar-refractivity contribution in [2.75, 3.05) is 5.73 Å². The number of nitrogens with two attached hydrogens (primary N) is 1. The lowest BCUT2D eigenvalue weighted by molar-refractivity contribution is 0.0735. The van der Waals surface area contributed by atoms with E-state index in [1.165, 1.54) is 6.07 Å². The van der Waals surface area contributed by atoms with Gasteiger partial charge in [-0.25, -0.2) is 4.79 Å². The summed E-state index contributed by atoms with van der Waals surface area (Å²) in [5.74, 6) is -0.0217. The first-order chi connectivity index (χ1) is 8.16. The fraction of sp³-hybridized carbons (Fsp3) is 0. The van der Waals surface area contributed by atoms with E-state index in [-0.39, 0.29) is 5.02 Å². The predicted octanol–water partition coefficient (Wildman–Crippen LogP) is 3.14. The minimum Gasteiger partial charge on any atom is -0.423 e. The van der Waals surface area contributed by atoms with Crippen LogP contribution in [0.3, 0.4) is 0 Å². The van der Waals surface area contributed by atoms with Gasteiger partial charge in [-0.15, -0.1) is 0 Å². The maximum Gasteiger partial charge on any atom is 0.345 e. The molecule has 4 heteroatoms. The van der Waals surface area contributed by atoms with E-state index in [0.717, 1.165) is 0 Å². The second-order valence-electron chi connectivity index (χ2n) is 3.44. The number of hydrogen-bond acceptors (Lipinski definition) is 3. The van der Waals surface area contributed by atoms with Gasteiger partial charge in [0.1, 0.15) is 5.75 Å². The molecule has 86 valence electrons. The van der Waals surface area contributed by atoms with Gasteiger partial charge in [0.05, 0.1) is 10.6 Å². The van der Waals surface area contributed by atoms with Crippen LogP contribution in [0.1, 0.15) is 10.4 Å². The summed E-state index contributed by atoms with van der Waals surface area (Å²) in [6, 6.07) is 13.5. The third kappa shape index (κ3) is 2.77. The molecule has 0 saturated carbocycles. The van der Waals surface area contributed by atoms with Gasteiger partial charge in [-0.2, -0.15) is 0 Å². The Morgan fingerprint density at radius 1 is 1.12 bits per heavy atom. The number of carbonyl (C=O) groups is 1. The number of rotatable bonds is 2. The van der Waals surface area contributed by atoms with Crippen LogP contribution in [-0.2, 0) is 0 Å². The monoisotopic (exact) mass is 247 g/mol. The number of benzene rings is 2. The molecule has 0 aliphatic rings. The van der Waals surface area contributed by atoms with Gasteiger partial charge >= 0.3 is 5.97 Å². The summed E-state index contributed by atoms with van der Waals surface area (Å²) < 4.78 is 5.16. The zero-order chi connectivity index (χ0) is 12.3. The normalized spacial score (nSPS) is 9.94. The molecule has 0 heterocycles. The van der Waals surface area contributed by atoms with Gasteiger partial charge in [0, 0.05) is 5.69 Å². The molecule has 2 aromatic carbocycles. The molecule has 0 unspecified atom stereocenters. The van der Waals surface area contributed by atoms with Gasteiger partial charge in [-0.1, -0.05) is 29.8 Å². The van der Waals surface area contributed by atoms with E-state index in [1.54, 1.807) is 36.4 Å². The lowest BCUT2D eigenvalue weighted by Gasteiger charge is -2.06. The zero-order valence-corrected chi connectivity index (χ0v) is 9.65. The van der Waals surface area contributed by atoms with E-state index in [4.69, 9.17) is 22.1 Å². The lowest BCUT2D eigenvalue weighted by atomic mass is 10.2. The third-order valence-electron chi connectivity index (χ3n) is 2.17. The summed E-state index contributed by atoms with van der Waals surface area (Å²) in [6.45, 7) is 0. The fourth-order valence-corrected chi connectivity index (χ4v) is 1.61. The van der Waals surface area contributed by atoms with Crippen molar-refractivity contribution >= 4 is 23.3 Å². The Hall–Kier alpha value is -2.00. The van der Waals surface area contributed by atoms with E-state index in [2.05, 4.69) is 0 Å². The van der Waals surface area contributed by atoms with Crippen LogP contribution in [0.2, 0.25) is 5.02 Å². The molecule has 0 aliphatic heterocycles. The minimum absolute atomic E-state index is 0.283. The first-order valence-electron chi connectivity index (χ1n) is 4.99. The van der Waals surface area contributed by atoms with E-state index >= 15 is 0 Å². The van der Waals surface area contributed by atoms with Crippen LogP contribution in [0.4, 0.5) is 5.69 Å². The van der Waals surface area contributed by atoms with E-state index in [0.29, 0.717) is 17.0 Å². The molecule has 0 radical (unpaired) electrons. The first kappa shape index (κ1) is 11.5. The Kier molecular flexibility index (Phi) is 3.30. The Balaban J connectivity index is 2.21. The van der Waals surface area contributed by atoms with Crippen molar-refractivity contribution < 1.29 is 9.53 Å². The van der Waals surface area contributed by atoms with Crippen molar-refractivity contribution in [2.24, 2.45) is 0 Å². The maximum atomic E-state index is 11.8. The standard InChI is InChI=1S/C13H10ClNO2/c14-12-8-9(15)6-7-11(12)13(16)17-10-4-2-1-3-5-10/h1-8H,15H2. The van der Waals surface area contributed by atoms with Crippen LogP contribution in [0.15, 0.2) is 48.5 Å². The van der Waals surface area contributed by atoms with Crippen molar-refractivity contribution in [1.82, 2.24) is 0 Å². The number of anilines is 1. The summed E-state index contributed by atoms with van der Waals surface area (Å²) in [5, 5.41) is 0.283. The summed E-state index contributed by atoms with van der Waals surface area (Å²) in [4.78, 5) is 11.8. The second kappa shape index (κ2) is 4.89. The molecule has 0 aliphatic carbocycles. The Morgan fingerprint density at radius 2 is 1.82 bits per heavy atom. The summed E-state index contributed by atoms with van der Waals surface area (Å²) in [7, 11) is 0. The van der Waals surface area contributed by atoms with Crippen molar-refractivity contribution in [3.05, 3.63) is 59.1 Å². The van der Waals surface area contributed by atoms with Crippen LogP contribution in [0.5, 0.6) is 5.75 Å². The molecular weight excluding hydrogens is 238 g/mol. The largest absolute Gasteiger partial charge is 0.423 e. The van der Waals surface area contributed by atoms with Crippen LogP contribution in [0.25, 0.3) is 0 Å². The van der Waals surface area contributed by atoms with Crippen molar-refractivity contribution in [2.45, 2.75) is 0 Å². The molecule has 0 atom stereocenters. The predicted molar refractivity (Wildman–Crippen MR) is 67.3 cm³/mol. The number of carbonyl (C=O) groups excluding carboxylic acids is 1. The van der Waals surface area contributed by atoms with Gasteiger partial charge in [-0.3, -0.25) is 0 Å². The van der Waals surface area contributed by atoms with E-state index in [9.17, 15) is 4.79 Å². The molecule has 2 rings (SSSR count). The van der Waals surface area contributed by atoms with Crippen molar-refractivity contribution in [3.63, 3.8) is 0 Å². The molecule has 2 aromatic rings. The average Bonchev–Trinajstić information content (AvgIpc) is 2.30. The maximum absolute atomic E-state index is 11.8. The molecule has 3 nitrogen and oxygen atoms in total. The third-order valence-corrected chi connectivity index (χ3v) is 2.48. The van der Waals surface area contributed by atoms with E-state index < -0.39 is 5.97 Å². The number of halogens is 1. The summed E-state index contributed by atoms with van der Waals surface area (Å²) >= 11 is 5.91. The molecule has 17 heavy (non-hydrogen) atoms. The molecule has 0 aromatic heterocycles. The van der Waals surface area contributed by atoms with Crippen molar-refractivity contribution in [1.29, 1.82) is 0 Å². The average molecular weight is 248 g/mol. The quantitative estimate of drug-likeness (QED) is 0.504. The second-order valence-corrected chi connectivity index (χ2v) is 3.85. The smallest absolute Gasteiger partial charge is 0.345 e. The molecular formula is C13H10ClNO2. The Morgan fingerprint density at radius 3 is 2.47 bits per heavy atom. The van der Waals surface area contributed by atoms with Crippen LogP contribution < -0.4 is 10.5 Å². The van der Waals surface area contributed by atoms with Crippen LogP contribution >= 0.6 is 11.6 Å². The highest BCUT2D eigenvalue weighted by atomic mass is 35.5. The number of hydrogen-bond donors (Lipinski definition) is 1. The molecule has 0 fully saturated rings. The van der Waals surface area contributed by atoms with Gasteiger partial charge in [-0.05, 0) is 30.3 Å². The SMILES string of the molecule is Nc1ccc(C(=O)Oc2ccccc2)c(Cl)c1. The van der Waals surface area contributed by atoms with Gasteiger partial charge in [0.15, 0.2) is 0 Å². The van der Waals surface area contributed by atoms with Gasteiger partial charge in [0.25, 0.3) is 0 Å². The minimum atomic E-state index is -0.499. The molecule has 2 N–H and O–H groups in total. The number of para-hydroxylation sites is 1. The molecule has 0 amide bonds. The summed E-state index contributed by atoms with van der Waals surface area (Å²) in [5.41, 5.74) is 6.35. The lowest BCUT2D eigenvalue weighted by Crippen LogP contribution is -2.09. The molecule has 0 saturated heterocycles. The van der Waals surface area contributed by atoms with Gasteiger partial charge in [0.2, 0.25) is 0 Å². The summed E-state index contributed by atoms with van der Waals surface area (Å²) in [6.07, 6.45) is 0.